The van der Waals surface area contributed by atoms with E-state index < -0.39 is 7.12 Å². The highest BCUT2D eigenvalue weighted by Gasteiger charge is 2.19. The number of hydrogen-bond acceptors (Lipinski definition) is 2. The zero-order chi connectivity index (χ0) is 18.9. The fraction of sp³-hybridized carbons (Fsp3) is 0. The first-order chi connectivity index (χ1) is 13.8. The van der Waals surface area contributed by atoms with E-state index in [1.165, 1.54) is 0 Å². The molecule has 134 valence electrons. The molecule has 0 saturated heterocycles. The topological polar surface area (TPSA) is 34.4 Å². The van der Waals surface area contributed by atoms with Crippen molar-refractivity contribution in [3.05, 3.63) is 103 Å². The van der Waals surface area contributed by atoms with Crippen LogP contribution in [0.4, 0.5) is 0 Å². The molecule has 1 aromatic heterocycles. The number of nitrogens with zero attached hydrogens (tertiary/aromatic N) is 1. The van der Waals surface area contributed by atoms with Crippen LogP contribution in [0.15, 0.2) is 103 Å². The molecule has 5 aromatic rings. The Morgan fingerprint density at radius 1 is 0.643 bits per heavy atom. The summed E-state index contributed by atoms with van der Waals surface area (Å²) in [5.41, 5.74) is 4.10. The van der Waals surface area contributed by atoms with Crippen LogP contribution in [0.2, 0.25) is 0 Å². The van der Waals surface area contributed by atoms with Crippen LogP contribution in [0.25, 0.3) is 27.5 Å². The maximum Gasteiger partial charge on any atom is 0.560 e. The maximum absolute atomic E-state index is 10.4. The lowest BCUT2D eigenvalue weighted by Gasteiger charge is -2.11. The van der Waals surface area contributed by atoms with E-state index in [4.69, 9.17) is 4.65 Å². The van der Waals surface area contributed by atoms with Gasteiger partial charge in [-0.05, 0) is 41.9 Å². The van der Waals surface area contributed by atoms with E-state index in [0.29, 0.717) is 5.75 Å². The van der Waals surface area contributed by atoms with Gasteiger partial charge < -0.3 is 14.2 Å². The Hall–Kier alpha value is -3.50. The van der Waals surface area contributed by atoms with Crippen molar-refractivity contribution in [2.45, 2.75) is 0 Å². The SMILES string of the molecule is OB(Oc1ccc2c(c1)c1ccccc1n2-c1ccccc1)c1ccccc1. The second kappa shape index (κ2) is 6.91. The number of hydrogen-bond donors (Lipinski definition) is 1. The molecular weight excluding hydrogens is 345 g/mol. The summed E-state index contributed by atoms with van der Waals surface area (Å²) in [6, 6.07) is 34.0. The third-order valence-electron chi connectivity index (χ3n) is 4.99. The molecule has 0 aliphatic rings. The summed E-state index contributed by atoms with van der Waals surface area (Å²) in [5.74, 6) is 0.639. The summed E-state index contributed by atoms with van der Waals surface area (Å²) in [5, 5.41) is 12.7. The van der Waals surface area contributed by atoms with Gasteiger partial charge in [0.05, 0.1) is 11.0 Å². The molecule has 0 saturated carbocycles. The normalized spacial score (nSPS) is 11.0. The molecule has 0 radical (unpaired) electrons. The Bertz CT molecular complexity index is 1250. The second-order valence-corrected chi connectivity index (χ2v) is 6.75. The van der Waals surface area contributed by atoms with Crippen LogP contribution in [-0.4, -0.2) is 16.7 Å². The molecule has 1 N–H and O–H groups in total. The smallest absolute Gasteiger partial charge is 0.532 e. The van der Waals surface area contributed by atoms with E-state index in [-0.39, 0.29) is 0 Å². The van der Waals surface area contributed by atoms with Gasteiger partial charge in [0.2, 0.25) is 0 Å². The molecule has 28 heavy (non-hydrogen) atoms. The van der Waals surface area contributed by atoms with Crippen LogP contribution in [0, 0.1) is 0 Å². The molecule has 0 amide bonds. The Labute approximate surface area is 163 Å². The largest absolute Gasteiger partial charge is 0.560 e. The molecule has 1 heterocycles. The molecule has 5 rings (SSSR count). The Balaban J connectivity index is 1.64. The molecule has 0 spiro atoms. The third kappa shape index (κ3) is 2.84. The van der Waals surface area contributed by atoms with E-state index in [9.17, 15) is 5.02 Å². The lowest BCUT2D eigenvalue weighted by atomic mass is 9.79. The van der Waals surface area contributed by atoms with Gasteiger partial charge in [-0.25, -0.2) is 0 Å². The number of aromatic nitrogens is 1. The number of para-hydroxylation sites is 2. The van der Waals surface area contributed by atoms with Gasteiger partial charge in [0.15, 0.2) is 0 Å². The summed E-state index contributed by atoms with van der Waals surface area (Å²) >= 11 is 0. The fourth-order valence-corrected chi connectivity index (χ4v) is 3.70. The van der Waals surface area contributed by atoms with Crippen LogP contribution in [0.3, 0.4) is 0 Å². The van der Waals surface area contributed by atoms with E-state index in [1.807, 2.05) is 66.7 Å². The minimum Gasteiger partial charge on any atom is -0.532 e. The second-order valence-electron chi connectivity index (χ2n) is 6.75. The average Bonchev–Trinajstić information content (AvgIpc) is 3.09. The van der Waals surface area contributed by atoms with Crippen molar-refractivity contribution in [3.8, 4) is 11.4 Å². The van der Waals surface area contributed by atoms with Gasteiger partial charge >= 0.3 is 7.12 Å². The van der Waals surface area contributed by atoms with Gasteiger partial charge in [0.1, 0.15) is 5.75 Å². The first-order valence-corrected chi connectivity index (χ1v) is 9.29. The van der Waals surface area contributed by atoms with Crippen molar-refractivity contribution in [2.75, 3.05) is 0 Å². The van der Waals surface area contributed by atoms with Crippen LogP contribution >= 0.6 is 0 Å². The van der Waals surface area contributed by atoms with Crippen molar-refractivity contribution in [2.24, 2.45) is 0 Å². The lowest BCUT2D eigenvalue weighted by molar-refractivity contribution is 0.433. The Morgan fingerprint density at radius 3 is 2.07 bits per heavy atom. The highest BCUT2D eigenvalue weighted by Crippen LogP contribution is 2.34. The summed E-state index contributed by atoms with van der Waals surface area (Å²) in [6.45, 7) is 0. The maximum atomic E-state index is 10.4. The average molecular weight is 363 g/mol. The molecule has 0 aliphatic carbocycles. The number of rotatable bonds is 4. The van der Waals surface area contributed by atoms with Gasteiger partial charge in [-0.15, -0.1) is 0 Å². The molecule has 0 fully saturated rings. The van der Waals surface area contributed by atoms with E-state index in [1.54, 1.807) is 0 Å². The molecular formula is C24H18BNO2. The van der Waals surface area contributed by atoms with E-state index >= 15 is 0 Å². The molecule has 4 heteroatoms. The Morgan fingerprint density at radius 2 is 1.29 bits per heavy atom. The first-order valence-electron chi connectivity index (χ1n) is 9.29. The van der Waals surface area contributed by atoms with E-state index in [2.05, 4.69) is 41.0 Å². The fourth-order valence-electron chi connectivity index (χ4n) is 3.70. The zero-order valence-corrected chi connectivity index (χ0v) is 15.2. The minimum atomic E-state index is -0.999. The van der Waals surface area contributed by atoms with E-state index in [0.717, 1.165) is 33.0 Å². The monoisotopic (exact) mass is 363 g/mol. The van der Waals surface area contributed by atoms with Gasteiger partial charge in [-0.2, -0.15) is 0 Å². The molecule has 0 atom stereocenters. The standard InChI is InChI=1S/C24H18BNO2/c27-25(18-9-3-1-4-10-18)28-20-15-16-24-22(17-20)21-13-7-8-14-23(21)26(24)19-11-5-2-6-12-19/h1-17,27H. The molecule has 4 aromatic carbocycles. The predicted octanol–water partition coefficient (Wildman–Crippen LogP) is 4.55. The van der Waals surface area contributed by atoms with Crippen LogP contribution in [0.5, 0.6) is 5.75 Å². The highest BCUT2D eigenvalue weighted by molar-refractivity contribution is 6.60. The molecule has 0 aliphatic heterocycles. The summed E-state index contributed by atoms with van der Waals surface area (Å²) in [6.07, 6.45) is 0. The quantitative estimate of drug-likeness (QED) is 0.476. The van der Waals surface area contributed by atoms with Gasteiger partial charge in [0.25, 0.3) is 0 Å². The predicted molar refractivity (Wildman–Crippen MR) is 115 cm³/mol. The molecule has 0 bridgehead atoms. The minimum absolute atomic E-state index is 0.639. The van der Waals surface area contributed by atoms with Crippen molar-refractivity contribution in [1.82, 2.24) is 4.57 Å². The third-order valence-corrected chi connectivity index (χ3v) is 4.99. The highest BCUT2D eigenvalue weighted by atomic mass is 16.5. The van der Waals surface area contributed by atoms with Crippen LogP contribution in [-0.2, 0) is 0 Å². The summed E-state index contributed by atoms with van der Waals surface area (Å²) < 4.78 is 8.07. The van der Waals surface area contributed by atoms with Crippen molar-refractivity contribution >= 4 is 34.4 Å². The van der Waals surface area contributed by atoms with Crippen molar-refractivity contribution in [1.29, 1.82) is 0 Å². The van der Waals surface area contributed by atoms with Crippen LogP contribution < -0.4 is 10.1 Å². The number of benzene rings is 4. The van der Waals surface area contributed by atoms with Gasteiger partial charge in [-0.1, -0.05) is 66.7 Å². The first kappa shape index (κ1) is 16.7. The van der Waals surface area contributed by atoms with Crippen molar-refractivity contribution in [3.63, 3.8) is 0 Å². The lowest BCUT2D eigenvalue weighted by Crippen LogP contribution is -2.36. The summed E-state index contributed by atoms with van der Waals surface area (Å²) in [7, 11) is -0.999. The van der Waals surface area contributed by atoms with Gasteiger partial charge in [0, 0.05) is 16.5 Å². The van der Waals surface area contributed by atoms with Crippen LogP contribution in [0.1, 0.15) is 0 Å². The zero-order valence-electron chi connectivity index (χ0n) is 15.2. The molecule has 3 nitrogen and oxygen atoms in total. The number of fused-ring (bicyclic) bond motifs is 3. The molecule has 0 unspecified atom stereocenters. The summed E-state index contributed by atoms with van der Waals surface area (Å²) in [4.78, 5) is 0. The van der Waals surface area contributed by atoms with Crippen molar-refractivity contribution < 1.29 is 9.68 Å². The van der Waals surface area contributed by atoms with Gasteiger partial charge in [-0.3, -0.25) is 0 Å². The Kier molecular flexibility index (Phi) is 4.11.